The zero-order valence-corrected chi connectivity index (χ0v) is 16.8. The van der Waals surface area contributed by atoms with Gasteiger partial charge in [-0.2, -0.15) is 10.4 Å². The minimum absolute atomic E-state index is 0.00749. The molecule has 4 aromatic rings. The molecule has 0 radical (unpaired) electrons. The molecule has 2 heterocycles. The molecule has 0 aliphatic rings. The summed E-state index contributed by atoms with van der Waals surface area (Å²) >= 11 is 3.23. The van der Waals surface area contributed by atoms with Gasteiger partial charge in [0.15, 0.2) is 17.2 Å². The number of pyridine rings is 1. The largest absolute Gasteiger partial charge is 0.453 e. The van der Waals surface area contributed by atoms with Gasteiger partial charge in [-0.25, -0.2) is 18.2 Å². The Morgan fingerprint density at radius 2 is 2.03 bits per heavy atom. The predicted octanol–water partition coefficient (Wildman–Crippen LogP) is 6.05. The summed E-state index contributed by atoms with van der Waals surface area (Å²) in [7, 11) is 0. The van der Waals surface area contributed by atoms with Crippen LogP contribution in [0, 0.1) is 17.1 Å². The molecule has 0 aliphatic carbocycles. The van der Waals surface area contributed by atoms with E-state index in [2.05, 4.69) is 31.1 Å². The van der Waals surface area contributed by atoms with E-state index in [1.807, 2.05) is 6.07 Å². The van der Waals surface area contributed by atoms with Crippen LogP contribution in [0.3, 0.4) is 0 Å². The number of nitrogens with one attached hydrogen (secondary N) is 1. The summed E-state index contributed by atoms with van der Waals surface area (Å²) in [6, 6.07) is 12.0. The molecule has 0 bridgehead atoms. The van der Waals surface area contributed by atoms with Crippen molar-refractivity contribution in [1.82, 2.24) is 15.2 Å². The summed E-state index contributed by atoms with van der Waals surface area (Å²) in [5.74, 6) is -0.876. The molecule has 30 heavy (non-hydrogen) atoms. The Bertz CT molecular complexity index is 1280. The van der Waals surface area contributed by atoms with Gasteiger partial charge in [-0.15, -0.1) is 0 Å². The molecule has 0 amide bonds. The van der Waals surface area contributed by atoms with E-state index in [1.165, 1.54) is 6.07 Å². The normalized spacial score (nSPS) is 11.1. The number of fused-ring (bicyclic) bond motifs is 1. The fraction of sp³-hybridized carbons (Fsp3) is 0.0952. The maximum absolute atomic E-state index is 15.2. The van der Waals surface area contributed by atoms with Crippen LogP contribution in [-0.2, 0) is 6.42 Å². The summed E-state index contributed by atoms with van der Waals surface area (Å²) in [6.07, 6.45) is -0.983. The van der Waals surface area contributed by atoms with Crippen LogP contribution in [0.4, 0.5) is 13.2 Å². The molecule has 150 valence electrons. The number of H-pyrrole nitrogens is 1. The van der Waals surface area contributed by atoms with E-state index in [4.69, 9.17) is 10.00 Å². The first kappa shape index (κ1) is 19.9. The Morgan fingerprint density at radius 3 is 2.80 bits per heavy atom. The van der Waals surface area contributed by atoms with Crippen LogP contribution in [0.25, 0.3) is 11.0 Å². The highest BCUT2D eigenvalue weighted by molar-refractivity contribution is 9.10. The number of ether oxygens (including phenoxy) is 1. The number of aromatic amines is 1. The lowest BCUT2D eigenvalue weighted by molar-refractivity contribution is 0.151. The molecule has 0 atom stereocenters. The molecule has 1 N–H and O–H groups in total. The molecular weight excluding hydrogens is 461 g/mol. The first-order valence-corrected chi connectivity index (χ1v) is 9.51. The first-order chi connectivity index (χ1) is 14.5. The van der Waals surface area contributed by atoms with Gasteiger partial charge in [0.2, 0.25) is 0 Å². The minimum Gasteiger partial charge on any atom is -0.453 e. The fourth-order valence-corrected chi connectivity index (χ4v) is 3.41. The molecule has 9 heteroatoms. The average molecular weight is 473 g/mol. The van der Waals surface area contributed by atoms with Gasteiger partial charge in [0.05, 0.1) is 16.1 Å². The van der Waals surface area contributed by atoms with Gasteiger partial charge in [-0.1, -0.05) is 6.07 Å². The minimum atomic E-state index is -2.79. The predicted molar refractivity (Wildman–Crippen MR) is 107 cm³/mol. The molecule has 0 spiro atoms. The zero-order valence-electron chi connectivity index (χ0n) is 15.2. The third-order valence-corrected chi connectivity index (χ3v) is 5.06. The van der Waals surface area contributed by atoms with Crippen molar-refractivity contribution in [2.45, 2.75) is 12.8 Å². The summed E-state index contributed by atoms with van der Waals surface area (Å²) in [5.41, 5.74) is 1.12. The van der Waals surface area contributed by atoms with Crippen molar-refractivity contribution in [3.05, 3.63) is 81.3 Å². The molecule has 2 aromatic heterocycles. The Labute approximate surface area is 177 Å². The standard InChI is InChI=1S/C21H12BrF3N4O/c22-16-4-3-12(9-17-15-2-1-5-27-21(15)29-28-17)18(23)19(16)30-14-7-11(10-26)6-13(8-14)20(24)25/h1-8,20H,9H2,(H,27,28,29). The monoisotopic (exact) mass is 472 g/mol. The van der Waals surface area contributed by atoms with Crippen molar-refractivity contribution in [2.24, 2.45) is 0 Å². The number of hydrogen-bond acceptors (Lipinski definition) is 4. The lowest BCUT2D eigenvalue weighted by Crippen LogP contribution is -1.99. The third kappa shape index (κ3) is 3.86. The molecule has 0 unspecified atom stereocenters. The van der Waals surface area contributed by atoms with Gasteiger partial charge in [0.1, 0.15) is 5.75 Å². The Morgan fingerprint density at radius 1 is 1.20 bits per heavy atom. The lowest BCUT2D eigenvalue weighted by atomic mass is 10.1. The fourth-order valence-electron chi connectivity index (χ4n) is 3.02. The smallest absolute Gasteiger partial charge is 0.264 e. The molecular formula is C21H12BrF3N4O. The zero-order chi connectivity index (χ0) is 21.3. The van der Waals surface area contributed by atoms with Crippen LogP contribution in [0.5, 0.6) is 11.5 Å². The molecule has 5 nitrogen and oxygen atoms in total. The quantitative estimate of drug-likeness (QED) is 0.383. The Hall–Kier alpha value is -3.38. The Balaban J connectivity index is 1.70. The van der Waals surface area contributed by atoms with Crippen LogP contribution in [-0.4, -0.2) is 15.2 Å². The average Bonchev–Trinajstić information content (AvgIpc) is 3.15. The molecule has 0 aliphatic heterocycles. The van der Waals surface area contributed by atoms with Crippen LogP contribution < -0.4 is 4.74 Å². The van der Waals surface area contributed by atoms with E-state index in [1.54, 1.807) is 30.5 Å². The molecule has 0 saturated heterocycles. The van der Waals surface area contributed by atoms with Crippen molar-refractivity contribution in [3.63, 3.8) is 0 Å². The summed E-state index contributed by atoms with van der Waals surface area (Å²) < 4.78 is 47.3. The van der Waals surface area contributed by atoms with Gasteiger partial charge in [-0.3, -0.25) is 5.10 Å². The van der Waals surface area contributed by atoms with Gasteiger partial charge >= 0.3 is 0 Å². The number of alkyl halides is 2. The highest BCUT2D eigenvalue weighted by Crippen LogP contribution is 2.36. The van der Waals surface area contributed by atoms with E-state index >= 15 is 4.39 Å². The van der Waals surface area contributed by atoms with E-state index in [0.29, 0.717) is 21.4 Å². The molecule has 2 aromatic carbocycles. The van der Waals surface area contributed by atoms with Crippen LogP contribution in [0.15, 0.2) is 53.1 Å². The highest BCUT2D eigenvalue weighted by Gasteiger charge is 2.18. The maximum atomic E-state index is 15.2. The number of hydrogen-bond donors (Lipinski definition) is 1. The summed E-state index contributed by atoms with van der Waals surface area (Å²) in [6.45, 7) is 0. The molecule has 0 saturated carbocycles. The highest BCUT2D eigenvalue weighted by atomic mass is 79.9. The second-order valence-electron chi connectivity index (χ2n) is 6.41. The van der Waals surface area contributed by atoms with Crippen molar-refractivity contribution >= 4 is 27.0 Å². The number of aromatic nitrogens is 3. The van der Waals surface area contributed by atoms with Crippen LogP contribution in [0.2, 0.25) is 0 Å². The number of benzene rings is 2. The van der Waals surface area contributed by atoms with Crippen molar-refractivity contribution in [2.75, 3.05) is 0 Å². The molecule has 4 rings (SSSR count). The van der Waals surface area contributed by atoms with Crippen molar-refractivity contribution < 1.29 is 17.9 Å². The van der Waals surface area contributed by atoms with Crippen LogP contribution >= 0.6 is 15.9 Å². The number of nitriles is 1. The maximum Gasteiger partial charge on any atom is 0.264 e. The number of halogens is 4. The lowest BCUT2D eigenvalue weighted by Gasteiger charge is -2.13. The van der Waals surface area contributed by atoms with Gasteiger partial charge in [0.25, 0.3) is 6.43 Å². The van der Waals surface area contributed by atoms with Crippen molar-refractivity contribution in [1.29, 1.82) is 5.26 Å². The second kappa shape index (κ2) is 8.16. The third-order valence-electron chi connectivity index (χ3n) is 4.43. The van der Waals surface area contributed by atoms with E-state index in [0.717, 1.165) is 17.5 Å². The van der Waals surface area contributed by atoms with Gasteiger partial charge < -0.3 is 4.74 Å². The van der Waals surface area contributed by atoms with E-state index in [-0.39, 0.29) is 29.0 Å². The first-order valence-electron chi connectivity index (χ1n) is 8.72. The summed E-state index contributed by atoms with van der Waals surface area (Å²) in [5, 5.41) is 16.8. The van der Waals surface area contributed by atoms with Crippen LogP contribution in [0.1, 0.15) is 28.8 Å². The molecule has 0 fully saturated rings. The van der Waals surface area contributed by atoms with Gasteiger partial charge in [-0.05, 0) is 57.9 Å². The van der Waals surface area contributed by atoms with Crippen molar-refractivity contribution in [3.8, 4) is 17.6 Å². The number of nitrogens with zero attached hydrogens (tertiary/aromatic N) is 3. The topological polar surface area (TPSA) is 74.6 Å². The van der Waals surface area contributed by atoms with E-state index < -0.39 is 12.2 Å². The SMILES string of the molecule is N#Cc1cc(Oc2c(Br)ccc(Cc3[nH]nc4ncccc34)c2F)cc(C(F)F)c1. The second-order valence-corrected chi connectivity index (χ2v) is 7.26. The van der Waals surface area contributed by atoms with E-state index in [9.17, 15) is 8.78 Å². The van der Waals surface area contributed by atoms with Gasteiger partial charge in [0, 0.05) is 29.3 Å². The number of rotatable bonds is 5. The summed E-state index contributed by atoms with van der Waals surface area (Å²) in [4.78, 5) is 4.14. The Kier molecular flexibility index (Phi) is 5.42.